The minimum Gasteiger partial charge on any atom is -0.493 e. The highest BCUT2D eigenvalue weighted by atomic mass is 16.5. The van der Waals surface area contributed by atoms with Gasteiger partial charge in [0.2, 0.25) is 0 Å². The van der Waals surface area contributed by atoms with Crippen molar-refractivity contribution in [3.05, 3.63) is 29.8 Å². The van der Waals surface area contributed by atoms with Crippen LogP contribution < -0.4 is 15.8 Å². The first-order chi connectivity index (χ1) is 8.22. The van der Waals surface area contributed by atoms with Gasteiger partial charge < -0.3 is 15.8 Å². The van der Waals surface area contributed by atoms with Crippen molar-refractivity contribution in [3.63, 3.8) is 0 Å². The zero-order valence-corrected chi connectivity index (χ0v) is 10.9. The van der Waals surface area contributed by atoms with Gasteiger partial charge in [-0.1, -0.05) is 26.0 Å². The van der Waals surface area contributed by atoms with Crippen LogP contribution in [0.15, 0.2) is 24.3 Å². The Kier molecular flexibility index (Phi) is 6.67. The summed E-state index contributed by atoms with van der Waals surface area (Å²) in [4.78, 5) is 0. The zero-order chi connectivity index (χ0) is 12.5. The molecule has 0 aliphatic carbocycles. The molecule has 0 aliphatic heterocycles. The molecule has 3 N–H and O–H groups in total. The first-order valence-corrected chi connectivity index (χ1v) is 6.35. The molecule has 0 heterocycles. The average Bonchev–Trinajstić information content (AvgIpc) is 2.33. The SMILES string of the molecule is CC(C)COc1cccc(CNCCCN)c1. The maximum atomic E-state index is 5.69. The molecule has 0 saturated carbocycles. The highest BCUT2D eigenvalue weighted by molar-refractivity contribution is 5.28. The lowest BCUT2D eigenvalue weighted by Crippen LogP contribution is -2.17. The molecule has 0 radical (unpaired) electrons. The van der Waals surface area contributed by atoms with E-state index in [1.807, 2.05) is 12.1 Å². The number of hydrogen-bond donors (Lipinski definition) is 2. The summed E-state index contributed by atoms with van der Waals surface area (Å²) >= 11 is 0. The molecule has 96 valence electrons. The van der Waals surface area contributed by atoms with Crippen LogP contribution in [0.25, 0.3) is 0 Å². The van der Waals surface area contributed by atoms with E-state index < -0.39 is 0 Å². The van der Waals surface area contributed by atoms with Crippen LogP contribution in [0.3, 0.4) is 0 Å². The lowest BCUT2D eigenvalue weighted by molar-refractivity contribution is 0.271. The topological polar surface area (TPSA) is 47.3 Å². The van der Waals surface area contributed by atoms with Gasteiger partial charge in [-0.15, -0.1) is 0 Å². The standard InChI is InChI=1S/C14H24N2O/c1-12(2)11-17-14-6-3-5-13(9-14)10-16-8-4-7-15/h3,5-6,9,12,16H,4,7-8,10-11,15H2,1-2H3. The Hall–Kier alpha value is -1.06. The lowest BCUT2D eigenvalue weighted by atomic mass is 10.2. The van der Waals surface area contributed by atoms with Crippen molar-refractivity contribution < 1.29 is 4.74 Å². The van der Waals surface area contributed by atoms with Crippen molar-refractivity contribution >= 4 is 0 Å². The Morgan fingerprint density at radius 3 is 2.88 bits per heavy atom. The van der Waals surface area contributed by atoms with Crippen LogP contribution in [-0.2, 0) is 6.54 Å². The van der Waals surface area contributed by atoms with Crippen molar-refractivity contribution in [2.75, 3.05) is 19.7 Å². The molecule has 3 heteroatoms. The Bertz CT molecular complexity index is 313. The fourth-order valence-corrected chi connectivity index (χ4v) is 1.47. The first kappa shape index (κ1) is 14.0. The highest BCUT2D eigenvalue weighted by Gasteiger charge is 1.99. The van der Waals surface area contributed by atoms with Crippen LogP contribution in [-0.4, -0.2) is 19.7 Å². The molecule has 0 aliphatic rings. The number of ether oxygens (including phenoxy) is 1. The van der Waals surface area contributed by atoms with E-state index in [1.54, 1.807) is 0 Å². The van der Waals surface area contributed by atoms with Crippen LogP contribution in [0.5, 0.6) is 5.75 Å². The molecule has 0 bridgehead atoms. The molecule has 0 atom stereocenters. The fraction of sp³-hybridized carbons (Fsp3) is 0.571. The maximum Gasteiger partial charge on any atom is 0.119 e. The van der Waals surface area contributed by atoms with Crippen LogP contribution in [0.4, 0.5) is 0 Å². The highest BCUT2D eigenvalue weighted by Crippen LogP contribution is 2.14. The number of rotatable bonds is 8. The maximum absolute atomic E-state index is 5.69. The molecule has 0 spiro atoms. The molecule has 0 aromatic heterocycles. The van der Waals surface area contributed by atoms with Crippen molar-refractivity contribution in [2.45, 2.75) is 26.8 Å². The second kappa shape index (κ2) is 8.09. The van der Waals surface area contributed by atoms with E-state index in [9.17, 15) is 0 Å². The number of nitrogens with two attached hydrogens (primary N) is 1. The van der Waals surface area contributed by atoms with Gasteiger partial charge >= 0.3 is 0 Å². The smallest absolute Gasteiger partial charge is 0.119 e. The van der Waals surface area contributed by atoms with Crippen molar-refractivity contribution in [3.8, 4) is 5.75 Å². The van der Waals surface area contributed by atoms with Gasteiger partial charge in [-0.05, 0) is 43.1 Å². The Morgan fingerprint density at radius 2 is 2.18 bits per heavy atom. The summed E-state index contributed by atoms with van der Waals surface area (Å²) in [6.45, 7) is 7.65. The van der Waals surface area contributed by atoms with Gasteiger partial charge in [-0.2, -0.15) is 0 Å². The Labute approximate surface area is 104 Å². The third kappa shape index (κ3) is 6.29. The summed E-state index contributed by atoms with van der Waals surface area (Å²) in [6, 6.07) is 8.25. The Morgan fingerprint density at radius 1 is 1.35 bits per heavy atom. The molecule has 17 heavy (non-hydrogen) atoms. The van der Waals surface area contributed by atoms with E-state index in [1.165, 1.54) is 5.56 Å². The van der Waals surface area contributed by atoms with E-state index in [2.05, 4.69) is 31.3 Å². The first-order valence-electron chi connectivity index (χ1n) is 6.35. The minimum absolute atomic E-state index is 0.557. The number of nitrogens with one attached hydrogen (secondary N) is 1. The zero-order valence-electron chi connectivity index (χ0n) is 10.9. The summed E-state index contributed by atoms with van der Waals surface area (Å²) in [5, 5.41) is 3.36. The van der Waals surface area contributed by atoms with Gasteiger partial charge in [0.15, 0.2) is 0 Å². The van der Waals surface area contributed by atoms with Crippen LogP contribution in [0, 0.1) is 5.92 Å². The van der Waals surface area contributed by atoms with E-state index in [0.717, 1.165) is 38.4 Å². The van der Waals surface area contributed by atoms with Gasteiger partial charge in [0, 0.05) is 6.54 Å². The predicted molar refractivity (Wildman–Crippen MR) is 72.2 cm³/mol. The van der Waals surface area contributed by atoms with Gasteiger partial charge in [-0.3, -0.25) is 0 Å². The monoisotopic (exact) mass is 236 g/mol. The Balaban J connectivity index is 2.37. The molecule has 1 aromatic rings. The summed E-state index contributed by atoms with van der Waals surface area (Å²) in [7, 11) is 0. The van der Waals surface area contributed by atoms with E-state index >= 15 is 0 Å². The third-order valence-corrected chi connectivity index (χ3v) is 2.37. The summed E-state index contributed by atoms with van der Waals surface area (Å²) < 4.78 is 5.69. The molecule has 3 nitrogen and oxygen atoms in total. The predicted octanol–water partition coefficient (Wildman–Crippen LogP) is 2.16. The van der Waals surface area contributed by atoms with Crippen LogP contribution in [0.1, 0.15) is 25.8 Å². The molecule has 0 fully saturated rings. The summed E-state index contributed by atoms with van der Waals surface area (Å²) in [5.41, 5.74) is 6.69. The van der Waals surface area contributed by atoms with Gasteiger partial charge in [-0.25, -0.2) is 0 Å². The second-order valence-electron chi connectivity index (χ2n) is 4.67. The average molecular weight is 236 g/mol. The normalized spacial score (nSPS) is 10.8. The summed E-state index contributed by atoms with van der Waals surface area (Å²) in [6.07, 6.45) is 1.02. The van der Waals surface area contributed by atoms with E-state index in [0.29, 0.717) is 5.92 Å². The van der Waals surface area contributed by atoms with Crippen LogP contribution in [0.2, 0.25) is 0 Å². The molecule has 0 saturated heterocycles. The van der Waals surface area contributed by atoms with Crippen LogP contribution >= 0.6 is 0 Å². The van der Waals surface area contributed by atoms with E-state index in [-0.39, 0.29) is 0 Å². The molecular weight excluding hydrogens is 212 g/mol. The molecular formula is C14H24N2O. The largest absolute Gasteiger partial charge is 0.493 e. The van der Waals surface area contributed by atoms with Crippen molar-refractivity contribution in [1.29, 1.82) is 0 Å². The van der Waals surface area contributed by atoms with Gasteiger partial charge in [0.05, 0.1) is 6.61 Å². The quantitative estimate of drug-likeness (QED) is 0.680. The van der Waals surface area contributed by atoms with Gasteiger partial charge in [0.1, 0.15) is 5.75 Å². The third-order valence-electron chi connectivity index (χ3n) is 2.37. The number of benzene rings is 1. The molecule has 1 aromatic carbocycles. The molecule has 0 amide bonds. The molecule has 1 rings (SSSR count). The second-order valence-corrected chi connectivity index (χ2v) is 4.67. The minimum atomic E-state index is 0.557. The lowest BCUT2D eigenvalue weighted by Gasteiger charge is -2.10. The van der Waals surface area contributed by atoms with Crippen molar-refractivity contribution in [1.82, 2.24) is 5.32 Å². The molecule has 0 unspecified atom stereocenters. The summed E-state index contributed by atoms with van der Waals surface area (Å²) in [5.74, 6) is 1.51. The van der Waals surface area contributed by atoms with Crippen molar-refractivity contribution in [2.24, 2.45) is 11.7 Å². The fourth-order valence-electron chi connectivity index (χ4n) is 1.47. The number of hydrogen-bond acceptors (Lipinski definition) is 3. The van der Waals surface area contributed by atoms with Gasteiger partial charge in [0.25, 0.3) is 0 Å². The van der Waals surface area contributed by atoms with E-state index in [4.69, 9.17) is 10.5 Å².